The van der Waals surface area contributed by atoms with Crippen LogP contribution in [0.5, 0.6) is 0 Å². The van der Waals surface area contributed by atoms with E-state index >= 15 is 0 Å². The van der Waals surface area contributed by atoms with E-state index in [1.54, 1.807) is 0 Å². The van der Waals surface area contributed by atoms with Gasteiger partial charge in [0.15, 0.2) is 9.84 Å². The average Bonchev–Trinajstić information content (AvgIpc) is 2.31. The van der Waals surface area contributed by atoms with Crippen LogP contribution in [0.3, 0.4) is 0 Å². The largest absolute Gasteiger partial charge is 0.393 e. The molecule has 1 aliphatic carbocycles. The molecule has 0 aromatic carbocycles. The van der Waals surface area contributed by atoms with Gasteiger partial charge in [-0.2, -0.15) is 0 Å². The van der Waals surface area contributed by atoms with Gasteiger partial charge in [-0.3, -0.25) is 0 Å². The van der Waals surface area contributed by atoms with Gasteiger partial charge < -0.3 is 10.2 Å². The van der Waals surface area contributed by atoms with Gasteiger partial charge in [-0.05, 0) is 19.3 Å². The third kappa shape index (κ3) is 1.62. The Morgan fingerprint density at radius 3 is 2.50 bits per heavy atom. The molecule has 2 unspecified atom stereocenters. The van der Waals surface area contributed by atoms with Crippen LogP contribution in [-0.4, -0.2) is 42.3 Å². The lowest BCUT2D eigenvalue weighted by molar-refractivity contribution is -0.00521. The highest BCUT2D eigenvalue weighted by atomic mass is 32.2. The fraction of sp³-hybridized carbons (Fsp3) is 1.00. The zero-order chi connectivity index (χ0) is 9.41. The molecule has 2 atom stereocenters. The molecule has 1 saturated carbocycles. The quantitative estimate of drug-likeness (QED) is 0.610. The van der Waals surface area contributed by atoms with E-state index in [1.807, 2.05) is 0 Å². The van der Waals surface area contributed by atoms with Gasteiger partial charge in [0.05, 0.1) is 11.9 Å². The molecular weight excluding hydrogens is 180 g/mol. The molecule has 0 bridgehead atoms. The number of hydrogen-bond donors (Lipinski definition) is 2. The molecule has 0 aliphatic heterocycles. The summed E-state index contributed by atoms with van der Waals surface area (Å²) in [5.74, 6) is 0. The summed E-state index contributed by atoms with van der Waals surface area (Å²) < 4.78 is 22.3. The molecule has 0 heterocycles. The second-order valence-corrected chi connectivity index (χ2v) is 5.70. The van der Waals surface area contributed by atoms with Gasteiger partial charge in [-0.15, -0.1) is 0 Å². The van der Waals surface area contributed by atoms with Gasteiger partial charge in [0.1, 0.15) is 5.60 Å². The fourth-order valence-electron chi connectivity index (χ4n) is 1.82. The Morgan fingerprint density at radius 2 is 2.17 bits per heavy atom. The van der Waals surface area contributed by atoms with Crippen molar-refractivity contribution in [3.8, 4) is 0 Å². The van der Waals surface area contributed by atoms with E-state index in [4.69, 9.17) is 5.11 Å². The summed E-state index contributed by atoms with van der Waals surface area (Å²) in [6.07, 6.45) is 2.59. The molecule has 5 heteroatoms. The van der Waals surface area contributed by atoms with E-state index in [2.05, 4.69) is 0 Å². The summed E-state index contributed by atoms with van der Waals surface area (Å²) in [6, 6.07) is 0. The maximum Gasteiger partial charge on any atom is 0.153 e. The van der Waals surface area contributed by atoms with Crippen LogP contribution in [0.15, 0.2) is 0 Å². The molecule has 2 N–H and O–H groups in total. The first-order chi connectivity index (χ1) is 5.40. The van der Waals surface area contributed by atoms with E-state index < -0.39 is 27.3 Å². The van der Waals surface area contributed by atoms with Crippen molar-refractivity contribution in [3.05, 3.63) is 0 Å². The molecular formula is C7H14O4S. The van der Waals surface area contributed by atoms with Crippen LogP contribution in [0.4, 0.5) is 0 Å². The van der Waals surface area contributed by atoms with Crippen molar-refractivity contribution < 1.29 is 18.6 Å². The Kier molecular flexibility index (Phi) is 2.47. The molecule has 0 spiro atoms. The average molecular weight is 194 g/mol. The number of aliphatic hydroxyl groups is 2. The Hall–Kier alpha value is -0.130. The first-order valence-corrected chi connectivity index (χ1v) is 5.88. The third-order valence-electron chi connectivity index (χ3n) is 2.47. The molecule has 72 valence electrons. The molecule has 1 aliphatic rings. The van der Waals surface area contributed by atoms with E-state index in [-0.39, 0.29) is 0 Å². The maximum atomic E-state index is 11.1. The monoisotopic (exact) mass is 194 g/mol. The van der Waals surface area contributed by atoms with Crippen LogP contribution in [0.2, 0.25) is 0 Å². The molecule has 12 heavy (non-hydrogen) atoms. The van der Waals surface area contributed by atoms with Crippen molar-refractivity contribution in [2.24, 2.45) is 0 Å². The highest BCUT2D eigenvalue weighted by Gasteiger charge is 2.46. The van der Waals surface area contributed by atoms with Crippen LogP contribution < -0.4 is 0 Å². The predicted octanol–water partition coefficient (Wildman–Crippen LogP) is -0.693. The minimum absolute atomic E-state index is 0.376. The minimum atomic E-state index is -3.23. The minimum Gasteiger partial charge on any atom is -0.393 e. The Balaban J connectivity index is 2.92. The third-order valence-corrected chi connectivity index (χ3v) is 4.17. The Bertz CT molecular complexity index is 259. The zero-order valence-corrected chi connectivity index (χ0v) is 7.84. The smallest absolute Gasteiger partial charge is 0.153 e. The summed E-state index contributed by atoms with van der Waals surface area (Å²) in [5.41, 5.74) is -1.40. The SMILES string of the molecule is CS(=O)(=O)C1CCCC1(O)CO. The normalized spacial score (nSPS) is 37.1. The topological polar surface area (TPSA) is 74.6 Å². The molecule has 0 aromatic rings. The van der Waals surface area contributed by atoms with Crippen molar-refractivity contribution in [2.45, 2.75) is 30.1 Å². The van der Waals surface area contributed by atoms with Gasteiger partial charge in [0.2, 0.25) is 0 Å². The van der Waals surface area contributed by atoms with Gasteiger partial charge in [-0.1, -0.05) is 0 Å². The maximum absolute atomic E-state index is 11.1. The number of sulfone groups is 1. The number of aliphatic hydroxyl groups excluding tert-OH is 1. The lowest BCUT2D eigenvalue weighted by Gasteiger charge is -2.26. The summed E-state index contributed by atoms with van der Waals surface area (Å²) in [7, 11) is -3.23. The van der Waals surface area contributed by atoms with Crippen molar-refractivity contribution in [3.63, 3.8) is 0 Å². The lowest BCUT2D eigenvalue weighted by atomic mass is 10.0. The van der Waals surface area contributed by atoms with Crippen LogP contribution >= 0.6 is 0 Å². The molecule has 1 rings (SSSR count). The van der Waals surface area contributed by atoms with Crippen molar-refractivity contribution in [2.75, 3.05) is 12.9 Å². The number of rotatable bonds is 2. The second kappa shape index (κ2) is 2.97. The molecule has 0 radical (unpaired) electrons. The molecule has 0 aromatic heterocycles. The second-order valence-electron chi connectivity index (χ2n) is 3.47. The van der Waals surface area contributed by atoms with Crippen molar-refractivity contribution >= 4 is 9.84 Å². The van der Waals surface area contributed by atoms with E-state index in [0.717, 1.165) is 6.26 Å². The lowest BCUT2D eigenvalue weighted by Crippen LogP contribution is -2.45. The predicted molar refractivity (Wildman–Crippen MR) is 44.5 cm³/mol. The summed E-state index contributed by atoms with van der Waals surface area (Å²) in [5, 5.41) is 17.7. The van der Waals surface area contributed by atoms with Gasteiger partial charge >= 0.3 is 0 Å². The Labute approximate surface area is 72.1 Å². The zero-order valence-electron chi connectivity index (χ0n) is 7.02. The van der Waals surface area contributed by atoms with Crippen LogP contribution in [-0.2, 0) is 9.84 Å². The van der Waals surface area contributed by atoms with E-state index in [1.165, 1.54) is 0 Å². The van der Waals surface area contributed by atoms with E-state index in [0.29, 0.717) is 19.3 Å². The first-order valence-electron chi connectivity index (χ1n) is 3.92. The van der Waals surface area contributed by atoms with Crippen LogP contribution in [0.1, 0.15) is 19.3 Å². The van der Waals surface area contributed by atoms with Crippen LogP contribution in [0, 0.1) is 0 Å². The van der Waals surface area contributed by atoms with Gasteiger partial charge in [-0.25, -0.2) is 8.42 Å². The fourth-order valence-corrected chi connectivity index (χ4v) is 3.40. The van der Waals surface area contributed by atoms with E-state index in [9.17, 15) is 13.5 Å². The number of hydrogen-bond acceptors (Lipinski definition) is 4. The van der Waals surface area contributed by atoms with Gasteiger partial charge in [0, 0.05) is 6.26 Å². The standard InChI is InChI=1S/C7H14O4S/c1-12(10,11)6-3-2-4-7(6,9)5-8/h6,8-9H,2-5H2,1H3. The summed E-state index contributed by atoms with van der Waals surface area (Å²) >= 11 is 0. The summed E-state index contributed by atoms with van der Waals surface area (Å²) in [6.45, 7) is -0.468. The molecule has 0 saturated heterocycles. The molecule has 0 amide bonds. The molecule has 1 fully saturated rings. The Morgan fingerprint density at radius 1 is 1.58 bits per heavy atom. The summed E-state index contributed by atoms with van der Waals surface area (Å²) in [4.78, 5) is 0. The van der Waals surface area contributed by atoms with Crippen molar-refractivity contribution in [1.29, 1.82) is 0 Å². The van der Waals surface area contributed by atoms with Crippen LogP contribution in [0.25, 0.3) is 0 Å². The highest BCUT2D eigenvalue weighted by Crippen LogP contribution is 2.34. The van der Waals surface area contributed by atoms with Gasteiger partial charge in [0.25, 0.3) is 0 Å². The highest BCUT2D eigenvalue weighted by molar-refractivity contribution is 7.91. The molecule has 4 nitrogen and oxygen atoms in total. The first kappa shape index (κ1) is 9.95. The van der Waals surface area contributed by atoms with Crippen molar-refractivity contribution in [1.82, 2.24) is 0 Å².